The summed E-state index contributed by atoms with van der Waals surface area (Å²) in [5.41, 5.74) is 1.26. The van der Waals surface area contributed by atoms with Crippen LogP contribution in [0.1, 0.15) is 0 Å². The van der Waals surface area contributed by atoms with E-state index in [-0.39, 0.29) is 11.2 Å². The van der Waals surface area contributed by atoms with Gasteiger partial charge in [0.2, 0.25) is 11.2 Å². The first-order valence-corrected chi connectivity index (χ1v) is 7.55. The van der Waals surface area contributed by atoms with Crippen LogP contribution in [-0.4, -0.2) is 32.1 Å². The van der Waals surface area contributed by atoms with E-state index in [0.29, 0.717) is 23.3 Å². The number of hydrogen-bond acceptors (Lipinski definition) is 4. The van der Waals surface area contributed by atoms with Crippen molar-refractivity contribution in [2.45, 2.75) is 0 Å². The van der Waals surface area contributed by atoms with Gasteiger partial charge in [0.15, 0.2) is 5.76 Å². The Morgan fingerprint density at radius 1 is 1.00 bits per heavy atom. The molecule has 0 aliphatic carbocycles. The van der Waals surface area contributed by atoms with Crippen molar-refractivity contribution in [3.63, 3.8) is 0 Å². The molecule has 0 aliphatic heterocycles. The molecule has 0 spiro atoms. The molecule has 3 aromatic rings. The van der Waals surface area contributed by atoms with Crippen molar-refractivity contribution >= 4 is 11.0 Å². The maximum atomic E-state index is 12.8. The van der Waals surface area contributed by atoms with Crippen LogP contribution < -0.4 is 10.2 Å². The molecule has 2 aromatic carbocycles. The third-order valence-corrected chi connectivity index (χ3v) is 3.58. The highest BCUT2D eigenvalue weighted by Gasteiger charge is 2.17. The van der Waals surface area contributed by atoms with Gasteiger partial charge in [-0.2, -0.15) is 0 Å². The largest absolute Gasteiger partial charge is 0.485 e. The highest BCUT2D eigenvalue weighted by Crippen LogP contribution is 2.30. The molecule has 0 fully saturated rings. The number of nitrogens with zero attached hydrogens (tertiary/aromatic N) is 1. The maximum Gasteiger partial charge on any atom is 0.235 e. The van der Waals surface area contributed by atoms with E-state index in [1.807, 2.05) is 61.5 Å². The third kappa shape index (κ3) is 3.27. The Morgan fingerprint density at radius 2 is 1.70 bits per heavy atom. The highest BCUT2D eigenvalue weighted by atomic mass is 16.5. The van der Waals surface area contributed by atoms with Crippen molar-refractivity contribution in [2.75, 3.05) is 27.2 Å². The minimum atomic E-state index is -0.135. The van der Waals surface area contributed by atoms with Crippen LogP contribution in [0.5, 0.6) is 5.75 Å². The first-order chi connectivity index (χ1) is 11.2. The Bertz CT molecular complexity index is 853. The predicted molar refractivity (Wildman–Crippen MR) is 92.0 cm³/mol. The molecule has 0 amide bonds. The van der Waals surface area contributed by atoms with Crippen molar-refractivity contribution in [1.29, 1.82) is 0 Å². The molecule has 0 saturated carbocycles. The van der Waals surface area contributed by atoms with Crippen LogP contribution in [0.4, 0.5) is 0 Å². The van der Waals surface area contributed by atoms with Gasteiger partial charge >= 0.3 is 0 Å². The second-order valence-corrected chi connectivity index (χ2v) is 5.60. The van der Waals surface area contributed by atoms with Crippen LogP contribution in [0.15, 0.2) is 63.8 Å². The van der Waals surface area contributed by atoms with Gasteiger partial charge in [0.05, 0.1) is 5.39 Å². The number of hydrogen-bond donors (Lipinski definition) is 0. The lowest BCUT2D eigenvalue weighted by atomic mass is 10.1. The van der Waals surface area contributed by atoms with Gasteiger partial charge < -0.3 is 14.1 Å². The highest BCUT2D eigenvalue weighted by molar-refractivity contribution is 5.81. The minimum Gasteiger partial charge on any atom is -0.485 e. The van der Waals surface area contributed by atoms with Crippen LogP contribution >= 0.6 is 0 Å². The van der Waals surface area contributed by atoms with E-state index in [1.54, 1.807) is 12.1 Å². The summed E-state index contributed by atoms with van der Waals surface area (Å²) in [6.07, 6.45) is 0. The quantitative estimate of drug-likeness (QED) is 0.724. The number of likely N-dealkylation sites (N-methyl/N-ethyl adjacent to an activating group) is 1. The molecule has 0 bridgehead atoms. The first kappa shape index (κ1) is 15.3. The molecule has 3 rings (SSSR count). The molecular weight excluding hydrogens is 290 g/mol. The summed E-state index contributed by atoms with van der Waals surface area (Å²) in [5, 5.41) is 0.534. The van der Waals surface area contributed by atoms with E-state index < -0.39 is 0 Å². The Hall–Kier alpha value is -2.59. The SMILES string of the molecule is CN(C)CCOc1c(-c2ccccc2)oc2ccccc2c1=O. The van der Waals surface area contributed by atoms with Gasteiger partial charge in [-0.15, -0.1) is 0 Å². The van der Waals surface area contributed by atoms with Gasteiger partial charge in [-0.1, -0.05) is 42.5 Å². The molecule has 0 radical (unpaired) electrons. The second-order valence-electron chi connectivity index (χ2n) is 5.60. The summed E-state index contributed by atoms with van der Waals surface area (Å²) in [5.74, 6) is 0.754. The molecule has 118 valence electrons. The monoisotopic (exact) mass is 309 g/mol. The van der Waals surface area contributed by atoms with Gasteiger partial charge in [0, 0.05) is 12.1 Å². The Labute approximate surface area is 134 Å². The lowest BCUT2D eigenvalue weighted by Gasteiger charge is -2.13. The average molecular weight is 309 g/mol. The second kappa shape index (κ2) is 6.67. The van der Waals surface area contributed by atoms with Crippen molar-refractivity contribution in [3.05, 3.63) is 64.8 Å². The number of fused-ring (bicyclic) bond motifs is 1. The Morgan fingerprint density at radius 3 is 2.43 bits per heavy atom. The summed E-state index contributed by atoms with van der Waals surface area (Å²) < 4.78 is 11.8. The molecule has 0 atom stereocenters. The molecule has 1 heterocycles. The Balaban J connectivity index is 2.13. The van der Waals surface area contributed by atoms with Crippen LogP contribution in [0.2, 0.25) is 0 Å². The van der Waals surface area contributed by atoms with E-state index in [0.717, 1.165) is 12.1 Å². The molecular formula is C19H19NO3. The standard InChI is InChI=1S/C19H19NO3/c1-20(2)12-13-22-19-17(21)15-10-6-7-11-16(15)23-18(19)14-8-4-3-5-9-14/h3-11H,12-13H2,1-2H3. The number of benzene rings is 2. The molecule has 0 saturated heterocycles. The van der Waals surface area contributed by atoms with E-state index in [4.69, 9.17) is 9.15 Å². The van der Waals surface area contributed by atoms with Crippen LogP contribution in [-0.2, 0) is 0 Å². The molecule has 0 N–H and O–H groups in total. The smallest absolute Gasteiger partial charge is 0.235 e. The first-order valence-electron chi connectivity index (χ1n) is 7.55. The molecule has 4 heteroatoms. The minimum absolute atomic E-state index is 0.135. The van der Waals surface area contributed by atoms with E-state index in [9.17, 15) is 4.79 Å². The van der Waals surface area contributed by atoms with Gasteiger partial charge in [0.1, 0.15) is 12.2 Å². The zero-order valence-corrected chi connectivity index (χ0v) is 13.3. The van der Waals surface area contributed by atoms with Crippen LogP contribution in [0.3, 0.4) is 0 Å². The zero-order chi connectivity index (χ0) is 16.2. The molecule has 4 nitrogen and oxygen atoms in total. The number of rotatable bonds is 5. The normalized spacial score (nSPS) is 11.1. The lowest BCUT2D eigenvalue weighted by molar-refractivity contribution is 0.257. The van der Waals surface area contributed by atoms with Gasteiger partial charge in [-0.05, 0) is 26.2 Å². The summed E-state index contributed by atoms with van der Waals surface area (Å²) in [6.45, 7) is 1.15. The van der Waals surface area contributed by atoms with Crippen molar-refractivity contribution in [1.82, 2.24) is 4.90 Å². The fraction of sp³-hybridized carbons (Fsp3) is 0.211. The van der Waals surface area contributed by atoms with Crippen LogP contribution in [0.25, 0.3) is 22.3 Å². The molecule has 23 heavy (non-hydrogen) atoms. The van der Waals surface area contributed by atoms with E-state index in [1.165, 1.54) is 0 Å². The summed E-state index contributed by atoms with van der Waals surface area (Å²) >= 11 is 0. The van der Waals surface area contributed by atoms with Gasteiger partial charge in [-0.3, -0.25) is 4.79 Å². The van der Waals surface area contributed by atoms with E-state index in [2.05, 4.69) is 0 Å². The van der Waals surface area contributed by atoms with Gasteiger partial charge in [0.25, 0.3) is 0 Å². The fourth-order valence-corrected chi connectivity index (χ4v) is 2.37. The molecule has 0 aliphatic rings. The Kier molecular flexibility index (Phi) is 4.44. The summed E-state index contributed by atoms with van der Waals surface area (Å²) in [4.78, 5) is 14.8. The van der Waals surface area contributed by atoms with Crippen molar-refractivity contribution in [3.8, 4) is 17.1 Å². The zero-order valence-electron chi connectivity index (χ0n) is 13.3. The molecule has 0 unspecified atom stereocenters. The third-order valence-electron chi connectivity index (χ3n) is 3.58. The van der Waals surface area contributed by atoms with Crippen molar-refractivity contribution in [2.24, 2.45) is 0 Å². The fourth-order valence-electron chi connectivity index (χ4n) is 2.37. The number of para-hydroxylation sites is 1. The van der Waals surface area contributed by atoms with Crippen LogP contribution in [0, 0.1) is 0 Å². The molecule has 1 aromatic heterocycles. The van der Waals surface area contributed by atoms with Gasteiger partial charge in [-0.25, -0.2) is 0 Å². The number of ether oxygens (including phenoxy) is 1. The summed E-state index contributed by atoms with van der Waals surface area (Å²) in [7, 11) is 3.93. The van der Waals surface area contributed by atoms with E-state index >= 15 is 0 Å². The maximum absolute atomic E-state index is 12.8. The average Bonchev–Trinajstić information content (AvgIpc) is 2.57. The topological polar surface area (TPSA) is 42.7 Å². The lowest BCUT2D eigenvalue weighted by Crippen LogP contribution is -2.21. The van der Waals surface area contributed by atoms with Crippen molar-refractivity contribution < 1.29 is 9.15 Å². The predicted octanol–water partition coefficient (Wildman–Crippen LogP) is 3.40. The summed E-state index contributed by atoms with van der Waals surface area (Å²) in [6, 6.07) is 16.8.